The van der Waals surface area contributed by atoms with Crippen LogP contribution in [0.1, 0.15) is 75.8 Å². The van der Waals surface area contributed by atoms with Crippen molar-refractivity contribution in [3.8, 4) is 22.6 Å². The maximum absolute atomic E-state index is 14.8. The predicted molar refractivity (Wildman–Crippen MR) is 138 cm³/mol. The van der Waals surface area contributed by atoms with Crippen molar-refractivity contribution in [1.82, 2.24) is 0 Å². The number of unbranched alkanes of at least 4 members (excludes halogenated alkanes) is 2. The Morgan fingerprint density at radius 2 is 1.46 bits per heavy atom. The molecule has 2 nitrogen and oxygen atoms in total. The summed E-state index contributed by atoms with van der Waals surface area (Å²) in [5, 5.41) is 0. The first-order valence-electron chi connectivity index (χ1n) is 13.2. The minimum Gasteiger partial charge on any atom is -0.490 e. The van der Waals surface area contributed by atoms with Crippen LogP contribution < -0.4 is 9.47 Å². The standard InChI is InChI=1S/C31H34F4O2/c1-3-4-5-18-36-27-17-16-26(30(34)31(27)35)22-10-13-24(14-11-22)37-19-23-12-15-25(29(33)28(23)32)21-8-6-20(2)7-9-21/h10-17,20-21H,3-9,18-19H2,1-2H3. The van der Waals surface area contributed by atoms with Gasteiger partial charge in [-0.3, -0.25) is 0 Å². The van der Waals surface area contributed by atoms with Crippen LogP contribution in [-0.2, 0) is 6.61 Å². The van der Waals surface area contributed by atoms with Gasteiger partial charge in [-0.15, -0.1) is 0 Å². The fourth-order valence-electron chi connectivity index (χ4n) is 4.89. The van der Waals surface area contributed by atoms with Gasteiger partial charge in [-0.1, -0.05) is 63.8 Å². The van der Waals surface area contributed by atoms with E-state index in [0.717, 1.165) is 44.9 Å². The van der Waals surface area contributed by atoms with E-state index in [0.29, 0.717) is 29.4 Å². The van der Waals surface area contributed by atoms with E-state index in [4.69, 9.17) is 9.47 Å². The third-order valence-corrected chi connectivity index (χ3v) is 7.26. The van der Waals surface area contributed by atoms with E-state index in [9.17, 15) is 17.6 Å². The second-order valence-electron chi connectivity index (χ2n) is 10.0. The third kappa shape index (κ3) is 6.46. The molecular formula is C31H34F4O2. The molecule has 0 radical (unpaired) electrons. The van der Waals surface area contributed by atoms with Gasteiger partial charge in [-0.05, 0) is 66.5 Å². The predicted octanol–water partition coefficient (Wildman–Crippen LogP) is 9.35. The molecule has 3 aromatic rings. The van der Waals surface area contributed by atoms with E-state index < -0.39 is 23.3 Å². The highest BCUT2D eigenvalue weighted by atomic mass is 19.2. The summed E-state index contributed by atoms with van der Waals surface area (Å²) in [6.45, 7) is 4.44. The zero-order chi connectivity index (χ0) is 26.4. The summed E-state index contributed by atoms with van der Waals surface area (Å²) in [6.07, 6.45) is 6.56. The van der Waals surface area contributed by atoms with Gasteiger partial charge >= 0.3 is 0 Å². The lowest BCUT2D eigenvalue weighted by Gasteiger charge is -2.27. The molecule has 1 aliphatic carbocycles. The average Bonchev–Trinajstić information content (AvgIpc) is 2.91. The average molecular weight is 515 g/mol. The van der Waals surface area contributed by atoms with Gasteiger partial charge in [-0.25, -0.2) is 13.2 Å². The molecule has 198 valence electrons. The Balaban J connectivity index is 1.39. The van der Waals surface area contributed by atoms with E-state index in [-0.39, 0.29) is 29.4 Å². The SMILES string of the molecule is CCCCCOc1ccc(-c2ccc(OCc3ccc(C4CCC(C)CC4)c(F)c3F)cc2)c(F)c1F. The zero-order valence-electron chi connectivity index (χ0n) is 21.5. The lowest BCUT2D eigenvalue weighted by atomic mass is 9.79. The largest absolute Gasteiger partial charge is 0.490 e. The molecule has 0 amide bonds. The molecule has 0 spiro atoms. The lowest BCUT2D eigenvalue weighted by molar-refractivity contribution is 0.286. The van der Waals surface area contributed by atoms with Gasteiger partial charge < -0.3 is 9.47 Å². The summed E-state index contributed by atoms with van der Waals surface area (Å²) in [6, 6.07) is 12.5. The number of ether oxygens (including phenoxy) is 2. The molecule has 0 aliphatic heterocycles. The summed E-state index contributed by atoms with van der Waals surface area (Å²) in [4.78, 5) is 0. The van der Waals surface area contributed by atoms with E-state index in [1.165, 1.54) is 12.1 Å². The fraction of sp³-hybridized carbons (Fsp3) is 0.419. The molecule has 0 atom stereocenters. The highest BCUT2D eigenvalue weighted by Gasteiger charge is 2.25. The molecule has 3 aromatic carbocycles. The van der Waals surface area contributed by atoms with Gasteiger partial charge in [0, 0.05) is 11.1 Å². The normalized spacial score (nSPS) is 17.6. The highest BCUT2D eigenvalue weighted by molar-refractivity contribution is 5.66. The summed E-state index contributed by atoms with van der Waals surface area (Å²) in [5.41, 5.74) is 1.15. The Hall–Kier alpha value is -3.02. The number of benzene rings is 3. The first-order chi connectivity index (χ1) is 17.9. The molecule has 0 heterocycles. The van der Waals surface area contributed by atoms with E-state index in [1.807, 2.05) is 0 Å². The van der Waals surface area contributed by atoms with E-state index in [1.54, 1.807) is 36.4 Å². The van der Waals surface area contributed by atoms with Crippen molar-refractivity contribution in [2.24, 2.45) is 5.92 Å². The molecule has 4 rings (SSSR count). The molecule has 6 heteroatoms. The van der Waals surface area contributed by atoms with Crippen LogP contribution in [-0.4, -0.2) is 6.61 Å². The Kier molecular flexibility index (Phi) is 9.12. The zero-order valence-corrected chi connectivity index (χ0v) is 21.5. The van der Waals surface area contributed by atoms with Crippen LogP contribution in [0.5, 0.6) is 11.5 Å². The van der Waals surface area contributed by atoms with Crippen LogP contribution in [0, 0.1) is 29.2 Å². The maximum Gasteiger partial charge on any atom is 0.201 e. The number of halogens is 4. The quantitative estimate of drug-likeness (QED) is 0.198. The summed E-state index contributed by atoms with van der Waals surface area (Å²) >= 11 is 0. The van der Waals surface area contributed by atoms with Gasteiger partial charge in [0.25, 0.3) is 0 Å². The minimum absolute atomic E-state index is 0.0557. The van der Waals surface area contributed by atoms with Crippen molar-refractivity contribution in [2.75, 3.05) is 6.61 Å². The maximum atomic E-state index is 14.8. The fourth-order valence-corrected chi connectivity index (χ4v) is 4.89. The second-order valence-corrected chi connectivity index (χ2v) is 10.0. The van der Waals surface area contributed by atoms with Crippen LogP contribution in [0.3, 0.4) is 0 Å². The Labute approximate surface area is 216 Å². The van der Waals surface area contributed by atoms with Gasteiger partial charge in [0.15, 0.2) is 23.2 Å². The Bertz CT molecular complexity index is 1180. The lowest BCUT2D eigenvalue weighted by Crippen LogP contribution is -2.13. The summed E-state index contributed by atoms with van der Waals surface area (Å²) < 4.78 is 69.8. The van der Waals surface area contributed by atoms with Crippen molar-refractivity contribution >= 4 is 0 Å². The van der Waals surface area contributed by atoms with Crippen LogP contribution >= 0.6 is 0 Å². The van der Waals surface area contributed by atoms with Crippen LogP contribution in [0.15, 0.2) is 48.5 Å². The van der Waals surface area contributed by atoms with Crippen LogP contribution in [0.2, 0.25) is 0 Å². The minimum atomic E-state index is -1.02. The van der Waals surface area contributed by atoms with Gasteiger partial charge in [0.1, 0.15) is 12.4 Å². The summed E-state index contributed by atoms with van der Waals surface area (Å²) in [5.74, 6) is -2.66. The number of hydrogen-bond acceptors (Lipinski definition) is 2. The highest BCUT2D eigenvalue weighted by Crippen LogP contribution is 2.37. The van der Waals surface area contributed by atoms with E-state index >= 15 is 0 Å². The molecule has 0 saturated heterocycles. The molecular weight excluding hydrogens is 480 g/mol. The van der Waals surface area contributed by atoms with Crippen molar-refractivity contribution in [1.29, 1.82) is 0 Å². The topological polar surface area (TPSA) is 18.5 Å². The molecule has 1 aliphatic rings. The Morgan fingerprint density at radius 3 is 2.16 bits per heavy atom. The Morgan fingerprint density at radius 1 is 0.730 bits per heavy atom. The first-order valence-corrected chi connectivity index (χ1v) is 13.2. The second kappa shape index (κ2) is 12.5. The van der Waals surface area contributed by atoms with Gasteiger partial charge in [0.05, 0.1) is 6.61 Å². The molecule has 37 heavy (non-hydrogen) atoms. The molecule has 1 fully saturated rings. The number of rotatable bonds is 10. The van der Waals surface area contributed by atoms with Crippen molar-refractivity contribution < 1.29 is 27.0 Å². The third-order valence-electron chi connectivity index (χ3n) is 7.26. The van der Waals surface area contributed by atoms with Crippen molar-refractivity contribution in [3.05, 3.63) is 82.9 Å². The molecule has 0 unspecified atom stereocenters. The molecule has 0 bridgehead atoms. The molecule has 1 saturated carbocycles. The monoisotopic (exact) mass is 514 g/mol. The molecule has 0 N–H and O–H groups in total. The van der Waals surface area contributed by atoms with Crippen LogP contribution in [0.25, 0.3) is 11.1 Å². The van der Waals surface area contributed by atoms with Crippen molar-refractivity contribution in [3.63, 3.8) is 0 Å². The number of hydrogen-bond donors (Lipinski definition) is 0. The van der Waals surface area contributed by atoms with E-state index in [2.05, 4.69) is 13.8 Å². The first kappa shape index (κ1) is 27.0. The van der Waals surface area contributed by atoms with Gasteiger partial charge in [0.2, 0.25) is 5.82 Å². The van der Waals surface area contributed by atoms with Crippen LogP contribution in [0.4, 0.5) is 17.6 Å². The van der Waals surface area contributed by atoms with Gasteiger partial charge in [-0.2, -0.15) is 4.39 Å². The summed E-state index contributed by atoms with van der Waals surface area (Å²) in [7, 11) is 0. The molecule has 0 aromatic heterocycles. The van der Waals surface area contributed by atoms with Crippen molar-refractivity contribution in [2.45, 2.75) is 71.3 Å². The smallest absolute Gasteiger partial charge is 0.201 e.